The zero-order valence-electron chi connectivity index (χ0n) is 20.9. The lowest BCUT2D eigenvalue weighted by molar-refractivity contribution is 0.363. The molecule has 2 aliphatic heterocycles. The number of nitrogens with one attached hydrogen (secondary N) is 4. The molecule has 0 radical (unpaired) electrons. The number of pyridine rings is 1. The van der Waals surface area contributed by atoms with E-state index in [1.165, 1.54) is 50.5 Å². The molecule has 4 N–H and O–H groups in total. The van der Waals surface area contributed by atoms with E-state index in [1.54, 1.807) is 6.20 Å². The highest BCUT2D eigenvalue weighted by molar-refractivity contribution is 5.90. The number of rotatable bonds is 3. The molecule has 3 aromatic rings. The van der Waals surface area contributed by atoms with Crippen LogP contribution < -0.4 is 16.2 Å². The van der Waals surface area contributed by atoms with Gasteiger partial charge in [-0.2, -0.15) is 10.4 Å². The lowest BCUT2D eigenvalue weighted by atomic mass is 9.86. The molecule has 7 nitrogen and oxygen atoms in total. The van der Waals surface area contributed by atoms with Crippen LogP contribution in [-0.2, 0) is 0 Å². The van der Waals surface area contributed by atoms with Gasteiger partial charge in [0.25, 0.3) is 5.56 Å². The number of aromatic nitrogens is 3. The van der Waals surface area contributed by atoms with Crippen LogP contribution in [0.3, 0.4) is 0 Å². The van der Waals surface area contributed by atoms with Gasteiger partial charge in [0.05, 0.1) is 11.6 Å². The summed E-state index contributed by atoms with van der Waals surface area (Å²) < 4.78 is 0. The summed E-state index contributed by atoms with van der Waals surface area (Å²) in [5.74, 6) is 1.61. The number of nitrogens with zero attached hydrogens (tertiary/aromatic N) is 2. The van der Waals surface area contributed by atoms with Crippen LogP contribution in [0.1, 0.15) is 83.1 Å². The Morgan fingerprint density at radius 2 is 1.66 bits per heavy atom. The number of aromatic amines is 2. The van der Waals surface area contributed by atoms with E-state index in [-0.39, 0.29) is 5.56 Å². The van der Waals surface area contributed by atoms with Gasteiger partial charge in [0.2, 0.25) is 0 Å². The molecule has 186 valence electrons. The summed E-state index contributed by atoms with van der Waals surface area (Å²) in [6.45, 7) is 4.00. The van der Waals surface area contributed by atoms with E-state index in [2.05, 4.69) is 56.1 Å². The van der Waals surface area contributed by atoms with Gasteiger partial charge in [0, 0.05) is 29.9 Å². The molecule has 2 saturated heterocycles. The molecule has 3 fully saturated rings. The largest absolute Gasteiger partial charge is 0.338 e. The lowest BCUT2D eigenvalue weighted by Gasteiger charge is -2.29. The van der Waals surface area contributed by atoms with E-state index in [0.717, 1.165) is 24.0 Å². The summed E-state index contributed by atoms with van der Waals surface area (Å²) in [5.41, 5.74) is 2.94. The third-order valence-electron chi connectivity index (χ3n) is 7.39. The van der Waals surface area contributed by atoms with Crippen LogP contribution in [0.4, 0.5) is 11.5 Å². The number of benzene rings is 1. The van der Waals surface area contributed by atoms with Gasteiger partial charge in [-0.25, -0.2) is 0 Å². The van der Waals surface area contributed by atoms with Crippen molar-refractivity contribution in [1.29, 1.82) is 5.26 Å². The molecule has 1 aromatic carbocycles. The van der Waals surface area contributed by atoms with Crippen molar-refractivity contribution in [2.45, 2.75) is 89.6 Å². The number of nitriles is 1. The molecule has 7 heteroatoms. The Labute approximate surface area is 207 Å². The third kappa shape index (κ3) is 6.12. The van der Waals surface area contributed by atoms with Crippen LogP contribution >= 0.6 is 0 Å². The van der Waals surface area contributed by atoms with Crippen molar-refractivity contribution in [3.05, 3.63) is 52.4 Å². The maximum atomic E-state index is 12.0. The number of piperidine rings is 1. The second-order valence-electron chi connectivity index (χ2n) is 9.68. The Balaban J connectivity index is 0.000000245. The van der Waals surface area contributed by atoms with Gasteiger partial charge < -0.3 is 15.6 Å². The highest BCUT2D eigenvalue weighted by Gasteiger charge is 2.33. The molecule has 1 aliphatic carbocycles. The van der Waals surface area contributed by atoms with Crippen molar-refractivity contribution in [2.75, 3.05) is 5.32 Å². The summed E-state index contributed by atoms with van der Waals surface area (Å²) in [5, 5.41) is 23.1. The lowest BCUT2D eigenvalue weighted by Crippen LogP contribution is -2.37. The molecule has 2 unspecified atom stereocenters. The molecule has 1 saturated carbocycles. The topological polar surface area (TPSA) is 109 Å². The number of anilines is 2. The summed E-state index contributed by atoms with van der Waals surface area (Å²) in [7, 11) is 0. The summed E-state index contributed by atoms with van der Waals surface area (Å²) in [6.07, 6.45) is 12.9. The SMILES string of the molecule is CC.N#CC1CCCCC1.O=c1[nH]ccc2[nH]nc(Nc3ccc(C4CC5CCC(C4)N5)cc3)c12. The van der Waals surface area contributed by atoms with Gasteiger partial charge in [-0.05, 0) is 68.2 Å². The minimum absolute atomic E-state index is 0.143. The van der Waals surface area contributed by atoms with Crippen molar-refractivity contribution in [1.82, 2.24) is 20.5 Å². The second-order valence-corrected chi connectivity index (χ2v) is 9.68. The number of hydrogen-bond donors (Lipinski definition) is 4. The minimum atomic E-state index is -0.143. The van der Waals surface area contributed by atoms with Gasteiger partial charge in [-0.15, -0.1) is 0 Å². The number of fused-ring (bicyclic) bond motifs is 3. The standard InChI is InChI=1S/C19H21N5O.C7H11N.C2H6/c25-19-17-16(7-8-20-19)23-24-18(17)22-13-3-1-11(2-4-13)12-9-14-5-6-15(10-12)21-14;8-6-7-4-2-1-3-5-7;1-2/h1-4,7-8,12,14-15,21H,5-6,9-10H2,(H,20,25)(H2,22,23,24);7H,1-5H2;1-2H3. The van der Waals surface area contributed by atoms with E-state index in [1.807, 2.05) is 19.9 Å². The zero-order valence-corrected chi connectivity index (χ0v) is 20.9. The molecule has 35 heavy (non-hydrogen) atoms. The first kappa shape index (κ1) is 25.0. The van der Waals surface area contributed by atoms with Gasteiger partial charge in [0.1, 0.15) is 5.39 Å². The summed E-state index contributed by atoms with van der Waals surface area (Å²) >= 11 is 0. The average molecular weight is 475 g/mol. The van der Waals surface area contributed by atoms with Crippen LogP contribution in [0, 0.1) is 17.2 Å². The van der Waals surface area contributed by atoms with Crippen LogP contribution in [0.5, 0.6) is 0 Å². The molecule has 2 atom stereocenters. The van der Waals surface area contributed by atoms with Crippen molar-refractivity contribution in [2.24, 2.45) is 5.92 Å². The molecular weight excluding hydrogens is 436 g/mol. The maximum absolute atomic E-state index is 12.0. The van der Waals surface area contributed by atoms with Gasteiger partial charge in [-0.3, -0.25) is 9.89 Å². The Bertz CT molecular complexity index is 1160. The molecule has 2 aromatic heterocycles. The van der Waals surface area contributed by atoms with E-state index in [9.17, 15) is 4.79 Å². The Hall–Kier alpha value is -3.11. The molecule has 3 aliphatic rings. The Morgan fingerprint density at radius 1 is 0.971 bits per heavy atom. The maximum Gasteiger partial charge on any atom is 0.261 e. The van der Waals surface area contributed by atoms with Crippen molar-refractivity contribution < 1.29 is 0 Å². The highest BCUT2D eigenvalue weighted by Crippen LogP contribution is 2.37. The van der Waals surface area contributed by atoms with Gasteiger partial charge in [0.15, 0.2) is 5.82 Å². The van der Waals surface area contributed by atoms with Crippen LogP contribution in [0.2, 0.25) is 0 Å². The van der Waals surface area contributed by atoms with Crippen LogP contribution in [0.15, 0.2) is 41.3 Å². The Kier molecular flexibility index (Phi) is 8.59. The van der Waals surface area contributed by atoms with E-state index in [0.29, 0.717) is 35.1 Å². The van der Waals surface area contributed by atoms with E-state index in [4.69, 9.17) is 5.26 Å². The van der Waals surface area contributed by atoms with Crippen molar-refractivity contribution in [3.63, 3.8) is 0 Å². The number of hydrogen-bond acceptors (Lipinski definition) is 5. The summed E-state index contributed by atoms with van der Waals surface area (Å²) in [6, 6.07) is 14.1. The van der Waals surface area contributed by atoms with E-state index < -0.39 is 0 Å². The normalized spacial score (nSPS) is 23.4. The molecular formula is C28H38N6O. The van der Waals surface area contributed by atoms with Gasteiger partial charge in [-0.1, -0.05) is 45.2 Å². The monoisotopic (exact) mass is 474 g/mol. The second kappa shape index (κ2) is 12.0. The van der Waals surface area contributed by atoms with Crippen LogP contribution in [-0.4, -0.2) is 27.3 Å². The Morgan fingerprint density at radius 3 is 2.29 bits per heavy atom. The minimum Gasteiger partial charge on any atom is -0.338 e. The molecule has 0 spiro atoms. The summed E-state index contributed by atoms with van der Waals surface area (Å²) in [4.78, 5) is 14.7. The van der Waals surface area contributed by atoms with Crippen molar-refractivity contribution >= 4 is 22.4 Å². The highest BCUT2D eigenvalue weighted by atomic mass is 16.1. The fourth-order valence-corrected chi connectivity index (χ4v) is 5.61. The first-order chi connectivity index (χ1) is 17.2. The molecule has 2 bridgehead atoms. The van der Waals surface area contributed by atoms with Crippen molar-refractivity contribution in [3.8, 4) is 6.07 Å². The first-order valence-corrected chi connectivity index (χ1v) is 13.3. The molecule has 0 amide bonds. The quantitative estimate of drug-likeness (QED) is 0.366. The fraction of sp³-hybridized carbons (Fsp3) is 0.536. The first-order valence-electron chi connectivity index (χ1n) is 13.3. The number of H-pyrrole nitrogens is 2. The zero-order chi connectivity index (χ0) is 24.6. The predicted molar refractivity (Wildman–Crippen MR) is 142 cm³/mol. The average Bonchev–Trinajstić information content (AvgIpc) is 3.49. The molecule has 4 heterocycles. The molecule has 6 rings (SSSR count). The van der Waals surface area contributed by atoms with Crippen LogP contribution in [0.25, 0.3) is 10.9 Å². The third-order valence-corrected chi connectivity index (χ3v) is 7.39. The van der Waals surface area contributed by atoms with E-state index >= 15 is 0 Å². The fourth-order valence-electron chi connectivity index (χ4n) is 5.61. The predicted octanol–water partition coefficient (Wildman–Crippen LogP) is 6.11. The van der Waals surface area contributed by atoms with Gasteiger partial charge >= 0.3 is 0 Å². The smallest absolute Gasteiger partial charge is 0.261 e.